The number of carbonyl (C=O) groups excluding carboxylic acids is 1. The highest BCUT2D eigenvalue weighted by molar-refractivity contribution is 5.94. The summed E-state index contributed by atoms with van der Waals surface area (Å²) in [4.78, 5) is 14.8. The van der Waals surface area contributed by atoms with E-state index in [0.29, 0.717) is 0 Å². The van der Waals surface area contributed by atoms with E-state index < -0.39 is 0 Å². The smallest absolute Gasteiger partial charge is 0.254 e. The molecule has 1 heterocycles. The third kappa shape index (κ3) is 2.98. The molecule has 1 aromatic rings. The number of aliphatic hydroxyl groups is 1. The first kappa shape index (κ1) is 14.6. The number of amides is 1. The second-order valence-electron chi connectivity index (χ2n) is 6.59. The number of likely N-dealkylation sites (tertiary alicyclic amines) is 1. The summed E-state index contributed by atoms with van der Waals surface area (Å²) < 4.78 is 0. The van der Waals surface area contributed by atoms with Crippen LogP contribution in [-0.2, 0) is 0 Å². The maximum absolute atomic E-state index is 12.8. The fraction of sp³-hybridized carbons (Fsp3) is 0.611. The van der Waals surface area contributed by atoms with Crippen LogP contribution in [0.15, 0.2) is 24.3 Å². The van der Waals surface area contributed by atoms with Gasteiger partial charge in [0, 0.05) is 24.1 Å². The number of aryl methyl sites for hydroxylation is 1. The molecule has 114 valence electrons. The summed E-state index contributed by atoms with van der Waals surface area (Å²) in [5.41, 5.74) is 1.95. The van der Waals surface area contributed by atoms with E-state index in [-0.39, 0.29) is 24.0 Å². The minimum Gasteiger partial charge on any atom is -0.393 e. The van der Waals surface area contributed by atoms with Gasteiger partial charge in [-0.3, -0.25) is 4.79 Å². The van der Waals surface area contributed by atoms with Gasteiger partial charge in [-0.2, -0.15) is 0 Å². The Morgan fingerprint density at radius 1 is 1.10 bits per heavy atom. The lowest BCUT2D eigenvalue weighted by Crippen LogP contribution is -2.45. The third-order valence-electron chi connectivity index (χ3n) is 5.13. The van der Waals surface area contributed by atoms with Crippen molar-refractivity contribution in [2.24, 2.45) is 5.92 Å². The van der Waals surface area contributed by atoms with Gasteiger partial charge in [0.25, 0.3) is 5.91 Å². The zero-order valence-corrected chi connectivity index (χ0v) is 12.8. The normalized spacial score (nSPS) is 29.6. The van der Waals surface area contributed by atoms with Crippen molar-refractivity contribution in [3.8, 4) is 0 Å². The molecule has 1 saturated heterocycles. The van der Waals surface area contributed by atoms with E-state index in [1.165, 1.54) is 12.0 Å². The van der Waals surface area contributed by atoms with E-state index in [9.17, 15) is 9.90 Å². The molecule has 3 unspecified atom stereocenters. The Morgan fingerprint density at radius 2 is 1.81 bits per heavy atom. The van der Waals surface area contributed by atoms with Crippen LogP contribution in [0.4, 0.5) is 0 Å². The van der Waals surface area contributed by atoms with Crippen molar-refractivity contribution in [1.29, 1.82) is 0 Å². The molecule has 3 rings (SSSR count). The van der Waals surface area contributed by atoms with Gasteiger partial charge >= 0.3 is 0 Å². The molecule has 0 aromatic heterocycles. The van der Waals surface area contributed by atoms with Gasteiger partial charge in [0.05, 0.1) is 6.10 Å². The van der Waals surface area contributed by atoms with E-state index in [2.05, 4.69) is 0 Å². The Labute approximate surface area is 127 Å². The summed E-state index contributed by atoms with van der Waals surface area (Å²) in [5, 5.41) is 10.3. The molecule has 1 aromatic carbocycles. The molecule has 1 saturated carbocycles. The van der Waals surface area contributed by atoms with Crippen LogP contribution in [0.1, 0.15) is 54.4 Å². The molecule has 0 radical (unpaired) electrons. The van der Waals surface area contributed by atoms with Crippen molar-refractivity contribution in [3.05, 3.63) is 35.4 Å². The summed E-state index contributed by atoms with van der Waals surface area (Å²) in [5.74, 6) is 0.408. The van der Waals surface area contributed by atoms with E-state index in [4.69, 9.17) is 0 Å². The van der Waals surface area contributed by atoms with Crippen LogP contribution >= 0.6 is 0 Å². The maximum atomic E-state index is 12.8. The average molecular weight is 287 g/mol. The molecule has 2 fully saturated rings. The van der Waals surface area contributed by atoms with Crippen molar-refractivity contribution >= 4 is 5.91 Å². The van der Waals surface area contributed by atoms with Crippen LogP contribution in [0, 0.1) is 12.8 Å². The summed E-state index contributed by atoms with van der Waals surface area (Å²) in [6.45, 7) is 2.87. The second-order valence-corrected chi connectivity index (χ2v) is 6.59. The van der Waals surface area contributed by atoms with Crippen LogP contribution in [0.25, 0.3) is 0 Å². The standard InChI is InChI=1S/C18H25NO2/c1-13-8-10-14(11-9-13)18(21)19-12-4-6-16(19)15-5-2-3-7-17(15)20/h8-11,15-17,20H,2-7,12H2,1H3. The molecule has 1 N–H and O–H groups in total. The molecular weight excluding hydrogens is 262 g/mol. The van der Waals surface area contributed by atoms with Crippen LogP contribution in [0.3, 0.4) is 0 Å². The number of aliphatic hydroxyl groups excluding tert-OH is 1. The molecule has 3 nitrogen and oxygen atoms in total. The highest BCUT2D eigenvalue weighted by Crippen LogP contribution is 2.35. The highest BCUT2D eigenvalue weighted by Gasteiger charge is 2.39. The van der Waals surface area contributed by atoms with Gasteiger partial charge in [-0.15, -0.1) is 0 Å². The average Bonchev–Trinajstić information content (AvgIpc) is 2.97. The largest absolute Gasteiger partial charge is 0.393 e. The first-order valence-corrected chi connectivity index (χ1v) is 8.22. The quantitative estimate of drug-likeness (QED) is 0.907. The van der Waals surface area contributed by atoms with E-state index >= 15 is 0 Å². The van der Waals surface area contributed by atoms with Gasteiger partial charge in [-0.05, 0) is 44.7 Å². The Bertz CT molecular complexity index is 496. The fourth-order valence-electron chi connectivity index (χ4n) is 3.94. The van der Waals surface area contributed by atoms with Gasteiger partial charge in [0.1, 0.15) is 0 Å². The zero-order valence-electron chi connectivity index (χ0n) is 12.8. The maximum Gasteiger partial charge on any atom is 0.254 e. The molecule has 21 heavy (non-hydrogen) atoms. The second kappa shape index (κ2) is 6.18. The Hall–Kier alpha value is -1.35. The Morgan fingerprint density at radius 3 is 2.52 bits per heavy atom. The van der Waals surface area contributed by atoms with E-state index in [1.807, 2.05) is 36.1 Å². The van der Waals surface area contributed by atoms with Crippen molar-refractivity contribution in [2.45, 2.75) is 57.6 Å². The molecule has 1 aliphatic heterocycles. The predicted molar refractivity (Wildman–Crippen MR) is 83.2 cm³/mol. The fourth-order valence-corrected chi connectivity index (χ4v) is 3.94. The first-order valence-electron chi connectivity index (χ1n) is 8.22. The Balaban J connectivity index is 1.76. The molecule has 1 aliphatic carbocycles. The summed E-state index contributed by atoms with van der Waals surface area (Å²) >= 11 is 0. The lowest BCUT2D eigenvalue weighted by Gasteiger charge is -2.37. The summed E-state index contributed by atoms with van der Waals surface area (Å²) in [6.07, 6.45) is 6.14. The first-order chi connectivity index (χ1) is 10.2. The van der Waals surface area contributed by atoms with Gasteiger partial charge in [-0.1, -0.05) is 30.5 Å². The van der Waals surface area contributed by atoms with Gasteiger partial charge < -0.3 is 10.0 Å². The topological polar surface area (TPSA) is 40.5 Å². The molecular formula is C18H25NO2. The minimum atomic E-state index is -0.227. The van der Waals surface area contributed by atoms with Crippen molar-refractivity contribution < 1.29 is 9.90 Å². The lowest BCUT2D eigenvalue weighted by molar-refractivity contribution is 0.0211. The molecule has 2 aliphatic rings. The van der Waals surface area contributed by atoms with Crippen LogP contribution in [-0.4, -0.2) is 34.6 Å². The SMILES string of the molecule is Cc1ccc(C(=O)N2CCCC2C2CCCCC2O)cc1. The van der Waals surface area contributed by atoms with E-state index in [0.717, 1.165) is 44.2 Å². The molecule has 3 atom stereocenters. The van der Waals surface area contributed by atoms with Crippen LogP contribution in [0.5, 0.6) is 0 Å². The minimum absolute atomic E-state index is 0.135. The number of nitrogens with zero attached hydrogens (tertiary/aromatic N) is 1. The lowest BCUT2D eigenvalue weighted by atomic mass is 9.80. The molecule has 0 bridgehead atoms. The Kier molecular flexibility index (Phi) is 4.29. The van der Waals surface area contributed by atoms with Gasteiger partial charge in [0.2, 0.25) is 0 Å². The van der Waals surface area contributed by atoms with Gasteiger partial charge in [-0.25, -0.2) is 0 Å². The van der Waals surface area contributed by atoms with Crippen LogP contribution in [0.2, 0.25) is 0 Å². The molecule has 3 heteroatoms. The number of benzene rings is 1. The van der Waals surface area contributed by atoms with Crippen LogP contribution < -0.4 is 0 Å². The summed E-state index contributed by atoms with van der Waals surface area (Å²) in [6, 6.07) is 8.06. The number of carbonyl (C=O) groups is 1. The predicted octanol–water partition coefficient (Wildman–Crippen LogP) is 3.15. The monoisotopic (exact) mass is 287 g/mol. The van der Waals surface area contributed by atoms with Crippen molar-refractivity contribution in [2.75, 3.05) is 6.54 Å². The highest BCUT2D eigenvalue weighted by atomic mass is 16.3. The van der Waals surface area contributed by atoms with Gasteiger partial charge in [0.15, 0.2) is 0 Å². The number of rotatable bonds is 2. The third-order valence-corrected chi connectivity index (χ3v) is 5.13. The van der Waals surface area contributed by atoms with E-state index in [1.54, 1.807) is 0 Å². The number of hydrogen-bond acceptors (Lipinski definition) is 2. The zero-order chi connectivity index (χ0) is 14.8. The number of hydrogen-bond donors (Lipinski definition) is 1. The van der Waals surface area contributed by atoms with Crippen molar-refractivity contribution in [3.63, 3.8) is 0 Å². The van der Waals surface area contributed by atoms with Crippen molar-refractivity contribution in [1.82, 2.24) is 4.90 Å². The summed E-state index contributed by atoms with van der Waals surface area (Å²) in [7, 11) is 0. The molecule has 1 amide bonds. The molecule has 0 spiro atoms.